The minimum absolute atomic E-state index is 0.182. The first-order valence-corrected chi connectivity index (χ1v) is 10.1. The Balaban J connectivity index is 1.56. The van der Waals surface area contributed by atoms with E-state index < -0.39 is 0 Å². The molecule has 1 aliphatic rings. The van der Waals surface area contributed by atoms with Gasteiger partial charge in [-0.1, -0.05) is 6.07 Å². The highest BCUT2D eigenvalue weighted by Crippen LogP contribution is 2.35. The van der Waals surface area contributed by atoms with Crippen molar-refractivity contribution in [2.75, 3.05) is 37.7 Å². The van der Waals surface area contributed by atoms with Gasteiger partial charge in [0.25, 0.3) is 0 Å². The van der Waals surface area contributed by atoms with E-state index in [2.05, 4.69) is 41.0 Å². The third-order valence-electron chi connectivity index (χ3n) is 5.26. The smallest absolute Gasteiger partial charge is 0.231 e. The van der Waals surface area contributed by atoms with Crippen molar-refractivity contribution in [2.24, 2.45) is 5.73 Å². The van der Waals surface area contributed by atoms with Gasteiger partial charge < -0.3 is 24.5 Å². The van der Waals surface area contributed by atoms with E-state index in [1.54, 1.807) is 16.8 Å². The molecule has 0 spiro atoms. The number of morpholine rings is 1. The summed E-state index contributed by atoms with van der Waals surface area (Å²) in [7, 11) is 0. The summed E-state index contributed by atoms with van der Waals surface area (Å²) >= 11 is 0. The fourth-order valence-corrected chi connectivity index (χ4v) is 3.93. The summed E-state index contributed by atoms with van der Waals surface area (Å²) in [6, 6.07) is 11.9. The van der Waals surface area contributed by atoms with Gasteiger partial charge >= 0.3 is 0 Å². The fraction of sp³-hybridized carbons (Fsp3) is 0.364. The molecule has 30 heavy (non-hydrogen) atoms. The van der Waals surface area contributed by atoms with E-state index in [4.69, 9.17) is 19.6 Å². The lowest BCUT2D eigenvalue weighted by Crippen LogP contribution is -2.48. The van der Waals surface area contributed by atoms with E-state index in [0.717, 1.165) is 41.1 Å². The number of nitrogens with zero attached hydrogens (tertiary/aromatic N) is 4. The van der Waals surface area contributed by atoms with Crippen molar-refractivity contribution in [1.29, 1.82) is 0 Å². The van der Waals surface area contributed by atoms with E-state index in [1.165, 1.54) is 0 Å². The maximum atomic E-state index is 6.21. The Morgan fingerprint density at radius 3 is 2.97 bits per heavy atom. The molecule has 156 valence electrons. The van der Waals surface area contributed by atoms with Crippen molar-refractivity contribution in [3.8, 4) is 17.3 Å². The normalized spacial score (nSPS) is 16.4. The van der Waals surface area contributed by atoms with Gasteiger partial charge in [-0.25, -0.2) is 9.50 Å². The second-order valence-electron chi connectivity index (χ2n) is 8.05. The second-order valence-corrected chi connectivity index (χ2v) is 8.05. The quantitative estimate of drug-likeness (QED) is 0.543. The van der Waals surface area contributed by atoms with E-state index >= 15 is 0 Å². The number of imidazole rings is 1. The minimum Gasteiger partial charge on any atom is -0.475 e. The number of furan rings is 1. The van der Waals surface area contributed by atoms with Gasteiger partial charge in [-0.15, -0.1) is 5.10 Å². The molecule has 0 saturated carbocycles. The van der Waals surface area contributed by atoms with Gasteiger partial charge in [0.2, 0.25) is 5.88 Å². The van der Waals surface area contributed by atoms with Crippen LogP contribution in [0.5, 0.6) is 5.88 Å². The summed E-state index contributed by atoms with van der Waals surface area (Å²) in [5.41, 5.74) is 8.82. The highest BCUT2D eigenvalue weighted by Gasteiger charge is 2.28. The van der Waals surface area contributed by atoms with E-state index in [9.17, 15) is 0 Å². The Kier molecular flexibility index (Phi) is 4.60. The topological polar surface area (TPSA) is 91.0 Å². The molecule has 5 rings (SSSR count). The highest BCUT2D eigenvalue weighted by molar-refractivity contribution is 5.94. The van der Waals surface area contributed by atoms with Crippen LogP contribution in [-0.2, 0) is 4.74 Å². The number of hydrogen-bond donors (Lipinski definition) is 1. The van der Waals surface area contributed by atoms with Crippen LogP contribution in [0.3, 0.4) is 0 Å². The van der Waals surface area contributed by atoms with Crippen molar-refractivity contribution in [3.63, 3.8) is 0 Å². The van der Waals surface area contributed by atoms with Crippen molar-refractivity contribution < 1.29 is 13.9 Å². The number of hydrogen-bond acceptors (Lipinski definition) is 7. The number of fused-ring (bicyclic) bond motifs is 2. The molecule has 0 atom stereocenters. The molecule has 0 aliphatic carbocycles. The molecule has 0 radical (unpaired) electrons. The number of ether oxygens (including phenoxy) is 2. The molecule has 1 aliphatic heterocycles. The van der Waals surface area contributed by atoms with Crippen molar-refractivity contribution >= 4 is 22.3 Å². The first kappa shape index (κ1) is 18.9. The van der Waals surface area contributed by atoms with Gasteiger partial charge in [-0.05, 0) is 38.1 Å². The average Bonchev–Trinajstić information content (AvgIpc) is 3.34. The molecule has 0 bridgehead atoms. The number of benzene rings is 1. The lowest BCUT2D eigenvalue weighted by Gasteiger charge is -2.39. The Morgan fingerprint density at radius 2 is 2.13 bits per heavy atom. The largest absolute Gasteiger partial charge is 0.475 e. The van der Waals surface area contributed by atoms with Gasteiger partial charge in [-0.2, -0.15) is 0 Å². The Morgan fingerprint density at radius 1 is 1.23 bits per heavy atom. The molecular formula is C22H25N5O3. The Bertz CT molecular complexity index is 1200. The zero-order chi connectivity index (χ0) is 20.7. The summed E-state index contributed by atoms with van der Waals surface area (Å²) in [6.07, 6.45) is 1.77. The van der Waals surface area contributed by atoms with Gasteiger partial charge in [0, 0.05) is 36.8 Å². The predicted molar refractivity (Wildman–Crippen MR) is 115 cm³/mol. The van der Waals surface area contributed by atoms with Crippen molar-refractivity contribution in [2.45, 2.75) is 19.4 Å². The predicted octanol–water partition coefficient (Wildman–Crippen LogP) is 3.10. The number of aromatic nitrogens is 3. The van der Waals surface area contributed by atoms with E-state index in [1.807, 2.05) is 18.2 Å². The van der Waals surface area contributed by atoms with Crippen LogP contribution in [-0.4, -0.2) is 53.0 Å². The lowest BCUT2D eigenvalue weighted by atomic mass is 10.1. The first-order chi connectivity index (χ1) is 14.5. The van der Waals surface area contributed by atoms with Gasteiger partial charge in [0.1, 0.15) is 17.9 Å². The van der Waals surface area contributed by atoms with Crippen LogP contribution < -0.4 is 15.4 Å². The summed E-state index contributed by atoms with van der Waals surface area (Å²) in [5, 5.41) is 5.61. The van der Waals surface area contributed by atoms with Crippen LogP contribution in [0.15, 0.2) is 47.0 Å². The first-order valence-electron chi connectivity index (χ1n) is 10.1. The van der Waals surface area contributed by atoms with Crippen LogP contribution in [0.25, 0.3) is 28.1 Å². The van der Waals surface area contributed by atoms with Crippen LogP contribution in [0.4, 0.5) is 5.69 Å². The average molecular weight is 407 g/mol. The molecule has 1 saturated heterocycles. The van der Waals surface area contributed by atoms with Crippen LogP contribution in [0.2, 0.25) is 0 Å². The maximum absolute atomic E-state index is 6.21. The van der Waals surface area contributed by atoms with Crippen LogP contribution in [0.1, 0.15) is 13.8 Å². The van der Waals surface area contributed by atoms with Gasteiger partial charge in [0.05, 0.1) is 18.4 Å². The standard InChI is InChI=1S/C22H25N5O3/c1-22(2)14-26(9-11-29-22)16-4-3-5-18-15(16)12-19(30-18)17-13-24-20-6-7-21(25-27(17)20)28-10-8-23/h3-7,12-13H,8-11,14,23H2,1-2H3. The summed E-state index contributed by atoms with van der Waals surface area (Å²) in [4.78, 5) is 6.81. The molecule has 8 nitrogen and oxygen atoms in total. The number of anilines is 1. The molecule has 8 heteroatoms. The van der Waals surface area contributed by atoms with Gasteiger partial charge in [0.15, 0.2) is 11.4 Å². The van der Waals surface area contributed by atoms with E-state index in [-0.39, 0.29) is 5.60 Å². The molecule has 1 aromatic carbocycles. The molecule has 4 heterocycles. The fourth-order valence-electron chi connectivity index (χ4n) is 3.93. The zero-order valence-corrected chi connectivity index (χ0v) is 17.2. The maximum Gasteiger partial charge on any atom is 0.231 e. The number of nitrogens with two attached hydrogens (primary N) is 1. The second kappa shape index (κ2) is 7.30. The lowest BCUT2D eigenvalue weighted by molar-refractivity contribution is -0.0276. The number of rotatable bonds is 5. The minimum atomic E-state index is -0.182. The SMILES string of the molecule is CC1(C)CN(c2cccc3oc(-c4cnc5ccc(OCCN)nn45)cc23)CCO1. The molecular weight excluding hydrogens is 382 g/mol. The monoisotopic (exact) mass is 407 g/mol. The summed E-state index contributed by atoms with van der Waals surface area (Å²) in [5.74, 6) is 1.21. The Labute approximate surface area is 174 Å². The third-order valence-corrected chi connectivity index (χ3v) is 5.26. The molecule has 3 aromatic heterocycles. The van der Waals surface area contributed by atoms with Crippen molar-refractivity contribution in [3.05, 3.63) is 42.6 Å². The Hall–Kier alpha value is -3.10. The van der Waals surface area contributed by atoms with Crippen LogP contribution >= 0.6 is 0 Å². The summed E-state index contributed by atoms with van der Waals surface area (Å²) in [6.45, 7) is 7.46. The summed E-state index contributed by atoms with van der Waals surface area (Å²) < 4.78 is 19.4. The molecule has 4 aromatic rings. The molecule has 1 fully saturated rings. The molecule has 0 amide bonds. The van der Waals surface area contributed by atoms with E-state index in [0.29, 0.717) is 31.4 Å². The zero-order valence-electron chi connectivity index (χ0n) is 17.2. The molecule has 2 N–H and O–H groups in total. The van der Waals surface area contributed by atoms with Crippen LogP contribution in [0, 0.1) is 0 Å². The highest BCUT2D eigenvalue weighted by atomic mass is 16.5. The van der Waals surface area contributed by atoms with Gasteiger partial charge in [-0.3, -0.25) is 0 Å². The third kappa shape index (κ3) is 3.38. The van der Waals surface area contributed by atoms with Crippen molar-refractivity contribution in [1.82, 2.24) is 14.6 Å². The molecule has 0 unspecified atom stereocenters.